The Morgan fingerprint density at radius 1 is 1.33 bits per heavy atom. The van der Waals surface area contributed by atoms with Gasteiger partial charge >= 0.3 is 0 Å². The van der Waals surface area contributed by atoms with Gasteiger partial charge in [0.25, 0.3) is 10.0 Å². The van der Waals surface area contributed by atoms with Crippen molar-refractivity contribution in [3.8, 4) is 5.88 Å². The topological polar surface area (TPSA) is 94.3 Å². The molecule has 0 bridgehead atoms. The molecular weight excluding hydrogens is 297 g/mol. The number of hydrogen-bond acceptors (Lipinski definition) is 5. The van der Waals surface area contributed by atoms with Gasteiger partial charge in [-0.1, -0.05) is 0 Å². The average Bonchev–Trinajstić information content (AvgIpc) is 2.43. The second kappa shape index (κ2) is 5.57. The summed E-state index contributed by atoms with van der Waals surface area (Å²) in [7, 11) is -2.43. The molecular formula is C13H14FN3O3S. The number of methoxy groups -OCH3 is 1. The first-order chi connectivity index (χ1) is 9.83. The molecule has 0 aliphatic carbocycles. The molecule has 0 spiro atoms. The lowest BCUT2D eigenvalue weighted by molar-refractivity contribution is 0.398. The standard InChI is InChI=1S/C13H14FN3O3S/c1-8-5-10(14)11(15)6-12(8)21(18,19)17-9-3-4-13(20-2)16-7-9/h3-7,17H,15H2,1-2H3. The van der Waals surface area contributed by atoms with Crippen molar-refractivity contribution >= 4 is 21.4 Å². The number of benzene rings is 1. The second-order valence-electron chi connectivity index (χ2n) is 4.33. The predicted octanol–water partition coefficient (Wildman–Crippen LogP) is 1.92. The van der Waals surface area contributed by atoms with Crippen LogP contribution in [0.3, 0.4) is 0 Å². The van der Waals surface area contributed by atoms with E-state index in [0.29, 0.717) is 5.88 Å². The van der Waals surface area contributed by atoms with Gasteiger partial charge in [0.1, 0.15) is 5.82 Å². The monoisotopic (exact) mass is 311 g/mol. The first-order valence-corrected chi connectivity index (χ1v) is 7.40. The fourth-order valence-corrected chi connectivity index (χ4v) is 3.04. The van der Waals surface area contributed by atoms with Crippen molar-refractivity contribution in [3.63, 3.8) is 0 Å². The molecule has 0 fully saturated rings. The quantitative estimate of drug-likeness (QED) is 0.841. The third-order valence-corrected chi connectivity index (χ3v) is 4.30. The molecule has 0 unspecified atom stereocenters. The van der Waals surface area contributed by atoms with Crippen LogP contribution in [0.25, 0.3) is 0 Å². The van der Waals surface area contributed by atoms with Crippen molar-refractivity contribution in [2.24, 2.45) is 0 Å². The highest BCUT2D eigenvalue weighted by atomic mass is 32.2. The van der Waals surface area contributed by atoms with E-state index < -0.39 is 15.8 Å². The zero-order valence-corrected chi connectivity index (χ0v) is 12.2. The number of pyridine rings is 1. The number of hydrogen-bond donors (Lipinski definition) is 2. The molecule has 3 N–H and O–H groups in total. The lowest BCUT2D eigenvalue weighted by atomic mass is 10.2. The van der Waals surface area contributed by atoms with Gasteiger partial charge in [0, 0.05) is 6.07 Å². The van der Waals surface area contributed by atoms with E-state index in [9.17, 15) is 12.8 Å². The Morgan fingerprint density at radius 3 is 2.62 bits per heavy atom. The van der Waals surface area contributed by atoms with E-state index in [1.54, 1.807) is 0 Å². The summed E-state index contributed by atoms with van der Waals surface area (Å²) < 4.78 is 45.1. The molecule has 112 valence electrons. The van der Waals surface area contributed by atoms with Crippen LogP contribution in [-0.4, -0.2) is 20.5 Å². The number of nitrogens with zero attached hydrogens (tertiary/aromatic N) is 1. The number of aryl methyl sites for hydroxylation is 1. The molecule has 2 rings (SSSR count). The first kappa shape index (κ1) is 15.0. The molecule has 2 aromatic rings. The Bertz CT molecular complexity index is 761. The van der Waals surface area contributed by atoms with Crippen LogP contribution in [0.2, 0.25) is 0 Å². The van der Waals surface area contributed by atoms with E-state index in [-0.39, 0.29) is 21.8 Å². The number of nitrogens with two attached hydrogens (primary N) is 1. The SMILES string of the molecule is COc1ccc(NS(=O)(=O)c2cc(N)c(F)cc2C)cn1. The third-order valence-electron chi connectivity index (χ3n) is 2.78. The minimum absolute atomic E-state index is 0.0859. The Morgan fingerprint density at radius 2 is 2.05 bits per heavy atom. The highest BCUT2D eigenvalue weighted by molar-refractivity contribution is 7.92. The summed E-state index contributed by atoms with van der Waals surface area (Å²) >= 11 is 0. The van der Waals surface area contributed by atoms with Crippen molar-refractivity contribution in [1.82, 2.24) is 4.98 Å². The predicted molar refractivity (Wildman–Crippen MR) is 77.1 cm³/mol. The Kier molecular flexibility index (Phi) is 3.99. The molecule has 0 radical (unpaired) electrons. The van der Waals surface area contributed by atoms with Crippen molar-refractivity contribution in [1.29, 1.82) is 0 Å². The second-order valence-corrected chi connectivity index (χ2v) is 5.98. The number of halogens is 1. The number of nitrogens with one attached hydrogen (secondary N) is 1. The zero-order chi connectivity index (χ0) is 15.6. The van der Waals surface area contributed by atoms with E-state index in [1.165, 1.54) is 32.4 Å². The smallest absolute Gasteiger partial charge is 0.262 e. The summed E-state index contributed by atoms with van der Waals surface area (Å²) in [5.41, 5.74) is 5.72. The van der Waals surface area contributed by atoms with Gasteiger partial charge < -0.3 is 10.5 Å². The summed E-state index contributed by atoms with van der Waals surface area (Å²) in [6, 6.07) is 5.19. The highest BCUT2D eigenvalue weighted by Crippen LogP contribution is 2.24. The Labute approximate surface area is 121 Å². The van der Waals surface area contributed by atoms with Crippen LogP contribution in [0.15, 0.2) is 35.4 Å². The summed E-state index contributed by atoms with van der Waals surface area (Å²) in [5.74, 6) is -0.294. The summed E-state index contributed by atoms with van der Waals surface area (Å²) in [5, 5.41) is 0. The van der Waals surface area contributed by atoms with Gasteiger partial charge in [-0.25, -0.2) is 17.8 Å². The lowest BCUT2D eigenvalue weighted by Crippen LogP contribution is -2.15. The number of ether oxygens (including phenoxy) is 1. The Hall–Kier alpha value is -2.35. The fraction of sp³-hybridized carbons (Fsp3) is 0.154. The lowest BCUT2D eigenvalue weighted by Gasteiger charge is -2.11. The van der Waals surface area contributed by atoms with Gasteiger partial charge in [-0.05, 0) is 30.7 Å². The summed E-state index contributed by atoms with van der Waals surface area (Å²) in [4.78, 5) is 3.81. The number of aromatic nitrogens is 1. The van der Waals surface area contributed by atoms with Crippen molar-refractivity contribution in [2.75, 3.05) is 17.6 Å². The maximum atomic E-state index is 13.3. The maximum absolute atomic E-state index is 13.3. The molecule has 0 amide bonds. The number of sulfonamides is 1. The van der Waals surface area contributed by atoms with Crippen molar-refractivity contribution in [2.45, 2.75) is 11.8 Å². The van der Waals surface area contributed by atoms with E-state index in [1.807, 2.05) is 0 Å². The molecule has 0 saturated carbocycles. The van der Waals surface area contributed by atoms with E-state index in [0.717, 1.165) is 12.1 Å². The van der Waals surface area contributed by atoms with Crippen LogP contribution in [0, 0.1) is 12.7 Å². The minimum atomic E-state index is -3.88. The molecule has 1 aromatic heterocycles. The first-order valence-electron chi connectivity index (χ1n) is 5.92. The number of nitrogen functional groups attached to an aromatic ring is 1. The maximum Gasteiger partial charge on any atom is 0.262 e. The van der Waals surface area contributed by atoms with Crippen LogP contribution < -0.4 is 15.2 Å². The molecule has 0 atom stereocenters. The van der Waals surface area contributed by atoms with Crippen LogP contribution in [0.4, 0.5) is 15.8 Å². The minimum Gasteiger partial charge on any atom is -0.481 e. The molecule has 8 heteroatoms. The van der Waals surface area contributed by atoms with E-state index in [2.05, 4.69) is 9.71 Å². The van der Waals surface area contributed by atoms with Crippen LogP contribution in [0.1, 0.15) is 5.56 Å². The number of rotatable bonds is 4. The molecule has 0 aliphatic rings. The van der Waals surface area contributed by atoms with Crippen molar-refractivity contribution in [3.05, 3.63) is 41.8 Å². The normalized spacial score (nSPS) is 11.2. The highest BCUT2D eigenvalue weighted by Gasteiger charge is 2.19. The third kappa shape index (κ3) is 3.22. The molecule has 6 nitrogen and oxygen atoms in total. The number of anilines is 2. The molecule has 0 aliphatic heterocycles. The van der Waals surface area contributed by atoms with Gasteiger partial charge in [0.15, 0.2) is 0 Å². The summed E-state index contributed by atoms with van der Waals surface area (Å²) in [6.07, 6.45) is 1.32. The largest absolute Gasteiger partial charge is 0.481 e. The van der Waals surface area contributed by atoms with Crippen LogP contribution in [-0.2, 0) is 10.0 Å². The van der Waals surface area contributed by atoms with Crippen molar-refractivity contribution < 1.29 is 17.5 Å². The van der Waals surface area contributed by atoms with Crippen LogP contribution in [0.5, 0.6) is 5.88 Å². The molecule has 21 heavy (non-hydrogen) atoms. The molecule has 0 saturated heterocycles. The van der Waals surface area contributed by atoms with E-state index in [4.69, 9.17) is 10.5 Å². The molecule has 1 aromatic carbocycles. The zero-order valence-electron chi connectivity index (χ0n) is 11.4. The van der Waals surface area contributed by atoms with Gasteiger partial charge in [0.05, 0.1) is 29.6 Å². The Balaban J connectivity index is 2.35. The van der Waals surface area contributed by atoms with Gasteiger partial charge in [-0.2, -0.15) is 0 Å². The average molecular weight is 311 g/mol. The fourth-order valence-electron chi connectivity index (χ4n) is 1.73. The van der Waals surface area contributed by atoms with E-state index >= 15 is 0 Å². The van der Waals surface area contributed by atoms with Crippen LogP contribution >= 0.6 is 0 Å². The van der Waals surface area contributed by atoms with Gasteiger partial charge in [-0.3, -0.25) is 4.72 Å². The summed E-state index contributed by atoms with van der Waals surface area (Å²) in [6.45, 7) is 1.49. The van der Waals surface area contributed by atoms with Gasteiger partial charge in [-0.15, -0.1) is 0 Å². The van der Waals surface area contributed by atoms with Gasteiger partial charge in [0.2, 0.25) is 5.88 Å². The molecule has 1 heterocycles.